The van der Waals surface area contributed by atoms with Gasteiger partial charge in [0.2, 0.25) is 20.0 Å². The number of esters is 1. The number of ketones is 1. The molecule has 2 saturated heterocycles. The third-order valence-electron chi connectivity index (χ3n) is 19.6. The van der Waals surface area contributed by atoms with Gasteiger partial charge in [-0.25, -0.2) is 71.0 Å². The van der Waals surface area contributed by atoms with Crippen molar-refractivity contribution in [3.05, 3.63) is 178 Å². The first-order valence-corrected chi connectivity index (χ1v) is 51.2. The first-order chi connectivity index (χ1) is 71.5. The number of aliphatic hydroxyl groups is 4. The minimum Gasteiger partial charge on any atom is -0.463 e. The lowest BCUT2D eigenvalue weighted by Crippen LogP contribution is -2.47. The van der Waals surface area contributed by atoms with E-state index in [1.807, 2.05) is 34.6 Å². The monoisotopic (exact) mass is 2180 g/mol. The van der Waals surface area contributed by atoms with E-state index in [9.17, 15) is 111 Å². The minimum atomic E-state index is -3.87. The van der Waals surface area contributed by atoms with Crippen molar-refractivity contribution in [1.82, 2.24) is 24.9 Å². The molecule has 0 radical (unpaired) electrons. The molecule has 828 valence electrons. The lowest BCUT2D eigenvalue weighted by molar-refractivity contribution is -0.216. The van der Waals surface area contributed by atoms with E-state index in [0.29, 0.717) is 114 Å². The Bertz CT molecular complexity index is 5660. The number of benzene rings is 6. The molecule has 0 unspecified atom stereocenters. The average Bonchev–Trinajstić information content (AvgIpc) is 1.03. The summed E-state index contributed by atoms with van der Waals surface area (Å²) in [5.41, 5.74) is 8.84. The summed E-state index contributed by atoms with van der Waals surface area (Å²) in [4.78, 5) is 144. The van der Waals surface area contributed by atoms with Gasteiger partial charge in [-0.05, 0) is 192 Å². The number of ether oxygens (including phenoxy) is 13. The number of imide groups is 2. The van der Waals surface area contributed by atoms with Gasteiger partial charge >= 0.3 is 30.2 Å². The summed E-state index contributed by atoms with van der Waals surface area (Å²) < 4.78 is 221. The second kappa shape index (κ2) is 72.7. The van der Waals surface area contributed by atoms with Crippen LogP contribution in [0.15, 0.2) is 147 Å². The summed E-state index contributed by atoms with van der Waals surface area (Å²) >= 11 is 0. The molecule has 0 aliphatic carbocycles. The number of carbonyl (C=O) groups is 9. The zero-order valence-electron chi connectivity index (χ0n) is 83.6. The van der Waals surface area contributed by atoms with Crippen LogP contribution in [0.4, 0.5) is 22.0 Å². The number of halogens is 5. The van der Waals surface area contributed by atoms with Crippen LogP contribution in [0.3, 0.4) is 0 Å². The number of nitrogens with one attached hydrogen (secondary N) is 3. The quantitative estimate of drug-likeness (QED) is 0.00601. The SMILES string of the molecule is CC/C(C)=C/c1cc(F)c(Oc2ccc(S(=O)(=O)NCCOCCOCCOCCN)cc2)c(F)c1.CCCC(=O)[C@H](O)[C@@H](O)C(=O)NCCOCCOCCOCCNS(=O)(=O)c1ccc(Oc2c(F)cc(/C=C(\C)CC)cc2F)cc1.CCOCCOCCOCCCS(=O)(=O)c1ccc(Oc2ccc(/C=C(\C)C(=O)OCC)cc2F)cc1.O=C(ON1C(=O)CCC1=O)[C@H](O)[C@@H](O)C(=O)ON1C(=O)CCC1=O.O=C=O.O=C=O. The highest BCUT2D eigenvalue weighted by atomic mass is 32.2. The van der Waals surface area contributed by atoms with E-state index in [1.165, 1.54) is 115 Å². The van der Waals surface area contributed by atoms with Crippen molar-refractivity contribution in [3.63, 3.8) is 0 Å². The summed E-state index contributed by atoms with van der Waals surface area (Å²) in [7, 11) is -11.2. The lowest BCUT2D eigenvalue weighted by Gasteiger charge is -2.19. The van der Waals surface area contributed by atoms with Gasteiger partial charge in [0.1, 0.15) is 23.4 Å². The van der Waals surface area contributed by atoms with Gasteiger partial charge in [0, 0.05) is 77.1 Å². The zero-order valence-corrected chi connectivity index (χ0v) is 86.1. The number of sulfone groups is 1. The van der Waals surface area contributed by atoms with Gasteiger partial charge in [-0.3, -0.25) is 28.8 Å². The van der Waals surface area contributed by atoms with Gasteiger partial charge < -0.3 is 103 Å². The van der Waals surface area contributed by atoms with Gasteiger partial charge in [0.25, 0.3) is 29.5 Å². The fourth-order valence-electron chi connectivity index (χ4n) is 11.8. The van der Waals surface area contributed by atoms with Gasteiger partial charge in [-0.15, -0.1) is 10.1 Å². The Morgan fingerprint density at radius 1 is 0.420 bits per heavy atom. The van der Waals surface area contributed by atoms with E-state index in [2.05, 4.69) is 24.4 Å². The Kier molecular flexibility index (Phi) is 63.8. The number of sulfonamides is 2. The molecule has 0 bridgehead atoms. The molecule has 5 amide bonds. The van der Waals surface area contributed by atoms with E-state index in [0.717, 1.165) is 24.0 Å². The Labute approximate surface area is 863 Å². The molecule has 9 N–H and O–H groups in total. The zero-order chi connectivity index (χ0) is 112. The molecule has 2 aliphatic heterocycles. The highest BCUT2D eigenvalue weighted by Crippen LogP contribution is 2.34. The number of amides is 5. The molecule has 150 heavy (non-hydrogen) atoms. The van der Waals surface area contributed by atoms with E-state index < -0.39 is 148 Å². The number of rotatable bonds is 62. The van der Waals surface area contributed by atoms with E-state index in [4.69, 9.17) is 86.5 Å². The molecule has 2 fully saturated rings. The molecule has 0 spiro atoms. The van der Waals surface area contributed by atoms with E-state index >= 15 is 0 Å². The molecule has 4 atom stereocenters. The largest absolute Gasteiger partial charge is 0.463 e. The second-order valence-electron chi connectivity index (χ2n) is 31.1. The number of hydrogen-bond donors (Lipinski definition) is 8. The summed E-state index contributed by atoms with van der Waals surface area (Å²) in [5, 5.41) is 41.1. The maximum Gasteiger partial charge on any atom is 0.373 e. The second-order valence-corrected chi connectivity index (χ2v) is 36.7. The maximum atomic E-state index is 14.5. The molecule has 0 aromatic heterocycles. The molecule has 44 nitrogen and oxygen atoms in total. The van der Waals surface area contributed by atoms with Gasteiger partial charge in [-0.1, -0.05) is 50.1 Å². The van der Waals surface area contributed by atoms with Gasteiger partial charge in [0.05, 0.1) is 133 Å². The van der Waals surface area contributed by atoms with Crippen molar-refractivity contribution in [2.45, 2.75) is 152 Å². The minimum absolute atomic E-state index is 0.0113. The number of hydroxylamine groups is 4. The molecule has 2 heterocycles. The topological polar surface area (TPSA) is 612 Å². The van der Waals surface area contributed by atoms with Crippen LogP contribution in [0.1, 0.15) is 130 Å². The molecule has 52 heteroatoms. The van der Waals surface area contributed by atoms with Gasteiger partial charge in [0.15, 0.2) is 80.3 Å². The van der Waals surface area contributed by atoms with Gasteiger partial charge in [-0.2, -0.15) is 19.2 Å². The molecule has 0 saturated carbocycles. The molecule has 6 aromatic carbocycles. The van der Waals surface area contributed by atoms with Crippen molar-refractivity contribution in [2.24, 2.45) is 5.73 Å². The fourth-order valence-corrected chi connectivity index (χ4v) is 15.1. The first-order valence-electron chi connectivity index (χ1n) is 46.6. The number of Topliss-reactive ketones (excluding diaryl/α,β-unsaturated/α-hetero) is 1. The molecule has 8 rings (SSSR count). The van der Waals surface area contributed by atoms with Crippen LogP contribution in [-0.2, 0) is 149 Å². The predicted octanol–water partition coefficient (Wildman–Crippen LogP) is 7.54. The van der Waals surface area contributed by atoms with E-state index in [-0.39, 0.29) is 170 Å². The van der Waals surface area contributed by atoms with Crippen LogP contribution in [-0.4, -0.2) is 303 Å². The Morgan fingerprint density at radius 3 is 1.13 bits per heavy atom. The Hall–Kier alpha value is -12.6. The predicted molar refractivity (Wildman–Crippen MR) is 517 cm³/mol. The Balaban J connectivity index is 0.000000514. The fraction of sp³-hybridized carbons (Fsp3) is 0.459. The average molecular weight is 2190 g/mol. The number of aliphatic hydroxyl groups excluding tert-OH is 4. The van der Waals surface area contributed by atoms with Crippen molar-refractivity contribution in [2.75, 3.05) is 157 Å². The normalized spacial score (nSPS) is 13.4. The Morgan fingerprint density at radius 2 is 0.767 bits per heavy atom. The summed E-state index contributed by atoms with van der Waals surface area (Å²) in [6, 6.07) is 25.1. The summed E-state index contributed by atoms with van der Waals surface area (Å²) in [6.45, 7) is 21.5. The number of carbonyl (C=O) groups excluding carboxylic acids is 13. The molecule has 2 aliphatic rings. The third-order valence-corrected chi connectivity index (χ3v) is 24.4. The summed E-state index contributed by atoms with van der Waals surface area (Å²) in [5.74, 6) is -13.5. The van der Waals surface area contributed by atoms with Crippen LogP contribution in [0, 0.1) is 29.1 Å². The highest BCUT2D eigenvalue weighted by Gasteiger charge is 2.42. The third kappa shape index (κ3) is 50.3. The molecular weight excluding hydrogens is 2060 g/mol. The number of nitrogens with zero attached hydrogens (tertiary/aromatic N) is 2. The number of nitrogens with two attached hydrogens (primary N) is 1. The smallest absolute Gasteiger partial charge is 0.373 e. The first kappa shape index (κ1) is 132. The van der Waals surface area contributed by atoms with E-state index in [1.54, 1.807) is 39.0 Å². The standard InChI is InChI=1S/C32H44F2N2O10S.C27H35FO8S.C25H34F2N2O6S.C12H12N2O10.2CO2/c1-4-6-28(37)29(38)30(39)32(40)35-11-13-43-15-17-45-18-16-44-14-12-36-47(41,42)25-9-7-24(8-10-25)46-31-26(33)20-23(21-27(31)34)19-22(3)5-2;1-4-32-14-15-34-17-16-33-13-6-18-37(30,31)24-10-8-23(9-11-24)36-26-12-7-22(20-25(26)28)19-21(3)27(29)35-5-2;1-3-19(2)16-20-17-23(26)25(24(27)18-20)35-21-4-6-22(7-5-21)36(30,31)29-9-11-33-13-15-34-14-12-32-10-8-28;15-5-1-2-6(16)13(5)23-11(21)9(19)10(20)12(22)24-14-7(17)3-4-8(14)18;2*2-1-3/h7-10,19-21,29-30,36,38-39H,4-6,11-18H2,1-3H3,(H,35,40);7-12,19-20H,4-6,13-18H2,1-3H3;4-7,16-18,29H,3,8-15,28H2,1-2H3;9-10,19-20H,1-4H2;;/b22-19+;21-19+;19-16+;;;/t29-,30+;;;9-,10-;;/m0..1../s1. The van der Waals surface area contributed by atoms with Crippen LogP contribution in [0.25, 0.3) is 18.2 Å². The number of hydrogen-bond acceptors (Lipinski definition) is 39. The molecular formula is C98H125F5N6O38S3. The van der Waals surface area contributed by atoms with Crippen LogP contribution in [0.5, 0.6) is 34.5 Å². The van der Waals surface area contributed by atoms with Crippen LogP contribution in [0.2, 0.25) is 0 Å². The molecule has 6 aromatic rings. The van der Waals surface area contributed by atoms with Crippen molar-refractivity contribution >= 4 is 114 Å². The maximum absolute atomic E-state index is 14.5. The van der Waals surface area contributed by atoms with Crippen molar-refractivity contribution in [3.8, 4) is 34.5 Å². The van der Waals surface area contributed by atoms with Crippen LogP contribution < -0.4 is 34.7 Å². The summed E-state index contributed by atoms with van der Waals surface area (Å²) in [6.07, 6.45) is -1.56. The van der Waals surface area contributed by atoms with Crippen molar-refractivity contribution < 1.29 is 201 Å². The highest BCUT2D eigenvalue weighted by molar-refractivity contribution is 7.91. The number of allylic oxidation sites excluding steroid dienone is 2. The van der Waals surface area contributed by atoms with Crippen LogP contribution >= 0.6 is 0 Å². The lowest BCUT2D eigenvalue weighted by atomic mass is 10.1. The van der Waals surface area contributed by atoms with Crippen molar-refractivity contribution in [1.29, 1.82) is 0 Å².